The lowest BCUT2D eigenvalue weighted by Crippen LogP contribution is -2.43. The average Bonchev–Trinajstić information content (AvgIpc) is 2.18. The van der Waals surface area contributed by atoms with Gasteiger partial charge in [-0.25, -0.2) is 0 Å². The summed E-state index contributed by atoms with van der Waals surface area (Å²) >= 11 is 0. The smallest absolute Gasteiger partial charge is 0.265 e. The van der Waals surface area contributed by atoms with Crippen molar-refractivity contribution in [3.8, 4) is 5.75 Å². The number of carbonyl (C=O) groups excluding carboxylic acids is 1. The number of nitrogen functional groups attached to an aromatic ring is 1. The summed E-state index contributed by atoms with van der Waals surface area (Å²) in [5.41, 5.74) is 7.13. The molecular formula is C11H14N2O2. The van der Waals surface area contributed by atoms with Crippen LogP contribution in [0.1, 0.15) is 13.8 Å². The monoisotopic (exact) mass is 206 g/mol. The third-order valence-electron chi connectivity index (χ3n) is 2.41. The third kappa shape index (κ3) is 1.52. The highest BCUT2D eigenvalue weighted by Gasteiger charge is 2.29. The molecule has 1 heterocycles. The van der Waals surface area contributed by atoms with Crippen LogP contribution in [0, 0.1) is 0 Å². The molecule has 0 saturated carbocycles. The molecule has 1 aliphatic heterocycles. The molecule has 15 heavy (non-hydrogen) atoms. The van der Waals surface area contributed by atoms with Gasteiger partial charge in [0.2, 0.25) is 0 Å². The van der Waals surface area contributed by atoms with Gasteiger partial charge in [-0.2, -0.15) is 0 Å². The van der Waals surface area contributed by atoms with Gasteiger partial charge in [-0.05, 0) is 26.0 Å². The Kier molecular flexibility index (Phi) is 2.26. The maximum Gasteiger partial charge on any atom is 0.265 e. The molecule has 0 radical (unpaired) electrons. The van der Waals surface area contributed by atoms with Crippen LogP contribution in [-0.4, -0.2) is 18.6 Å². The number of rotatable bonds is 1. The standard InChI is InChI=1S/C11H14N2O2/c1-7(2)13-10(14)6-15-9-5-3-4-8(12)11(9)13/h3-5,7H,6,12H2,1-2H3. The van der Waals surface area contributed by atoms with Crippen molar-refractivity contribution < 1.29 is 9.53 Å². The van der Waals surface area contributed by atoms with Crippen molar-refractivity contribution in [2.75, 3.05) is 17.2 Å². The molecule has 0 atom stereocenters. The van der Waals surface area contributed by atoms with Crippen LogP contribution in [0.3, 0.4) is 0 Å². The fraction of sp³-hybridized carbons (Fsp3) is 0.364. The molecular weight excluding hydrogens is 192 g/mol. The number of nitrogens with zero attached hydrogens (tertiary/aromatic N) is 1. The Morgan fingerprint density at radius 2 is 2.20 bits per heavy atom. The van der Waals surface area contributed by atoms with Gasteiger partial charge in [0, 0.05) is 6.04 Å². The zero-order valence-corrected chi connectivity index (χ0v) is 8.86. The highest BCUT2D eigenvalue weighted by Crippen LogP contribution is 2.37. The van der Waals surface area contributed by atoms with Gasteiger partial charge in [0.15, 0.2) is 6.61 Å². The van der Waals surface area contributed by atoms with Gasteiger partial charge in [0.1, 0.15) is 11.4 Å². The Bertz CT molecular complexity index is 402. The molecule has 0 unspecified atom stereocenters. The van der Waals surface area contributed by atoms with E-state index in [1.165, 1.54) is 0 Å². The first-order valence-electron chi connectivity index (χ1n) is 4.94. The minimum Gasteiger partial charge on any atom is -0.481 e. The van der Waals surface area contributed by atoms with E-state index in [1.807, 2.05) is 26.0 Å². The maximum absolute atomic E-state index is 11.7. The molecule has 1 aromatic rings. The molecule has 0 aliphatic carbocycles. The molecule has 0 spiro atoms. The number of anilines is 2. The van der Waals surface area contributed by atoms with Gasteiger partial charge in [-0.1, -0.05) is 6.07 Å². The summed E-state index contributed by atoms with van der Waals surface area (Å²) in [5.74, 6) is 0.638. The van der Waals surface area contributed by atoms with Crippen LogP contribution < -0.4 is 15.4 Å². The van der Waals surface area contributed by atoms with Crippen molar-refractivity contribution in [2.24, 2.45) is 0 Å². The molecule has 1 aliphatic rings. The predicted octanol–water partition coefficient (Wildman–Crippen LogP) is 1.40. The van der Waals surface area contributed by atoms with Crippen molar-refractivity contribution in [2.45, 2.75) is 19.9 Å². The van der Waals surface area contributed by atoms with E-state index in [1.54, 1.807) is 11.0 Å². The Morgan fingerprint density at radius 1 is 1.47 bits per heavy atom. The largest absolute Gasteiger partial charge is 0.481 e. The first-order valence-corrected chi connectivity index (χ1v) is 4.94. The highest BCUT2D eigenvalue weighted by molar-refractivity contribution is 6.01. The second kappa shape index (κ2) is 3.46. The Balaban J connectivity index is 2.55. The van der Waals surface area contributed by atoms with Gasteiger partial charge in [-0.15, -0.1) is 0 Å². The van der Waals surface area contributed by atoms with Crippen LogP contribution in [0.5, 0.6) is 5.75 Å². The molecule has 2 N–H and O–H groups in total. The lowest BCUT2D eigenvalue weighted by molar-refractivity contribution is -0.121. The SMILES string of the molecule is CC(C)N1C(=O)COc2cccc(N)c21. The summed E-state index contributed by atoms with van der Waals surface area (Å²) in [6, 6.07) is 5.51. The molecule has 0 aromatic heterocycles. The lowest BCUT2D eigenvalue weighted by atomic mass is 10.1. The summed E-state index contributed by atoms with van der Waals surface area (Å²) in [6.07, 6.45) is 0. The normalized spacial score (nSPS) is 15.1. The molecule has 80 valence electrons. The van der Waals surface area contributed by atoms with Crippen molar-refractivity contribution in [1.29, 1.82) is 0 Å². The Labute approximate surface area is 88.6 Å². The number of benzene rings is 1. The van der Waals surface area contributed by atoms with E-state index in [4.69, 9.17) is 10.5 Å². The minimum absolute atomic E-state index is 0.0459. The van der Waals surface area contributed by atoms with Gasteiger partial charge >= 0.3 is 0 Å². The van der Waals surface area contributed by atoms with Gasteiger partial charge in [-0.3, -0.25) is 4.79 Å². The van der Waals surface area contributed by atoms with E-state index in [0.29, 0.717) is 17.1 Å². The van der Waals surface area contributed by atoms with E-state index >= 15 is 0 Å². The number of hydrogen-bond acceptors (Lipinski definition) is 3. The summed E-state index contributed by atoms with van der Waals surface area (Å²) in [4.78, 5) is 13.4. The Hall–Kier alpha value is -1.71. The number of para-hydroxylation sites is 1. The number of amides is 1. The van der Waals surface area contributed by atoms with Crippen LogP contribution in [0.2, 0.25) is 0 Å². The molecule has 1 amide bonds. The van der Waals surface area contributed by atoms with E-state index in [9.17, 15) is 4.79 Å². The minimum atomic E-state index is -0.0459. The fourth-order valence-corrected chi connectivity index (χ4v) is 1.79. The lowest BCUT2D eigenvalue weighted by Gasteiger charge is -2.33. The quantitative estimate of drug-likeness (QED) is 0.707. The average molecular weight is 206 g/mol. The number of fused-ring (bicyclic) bond motifs is 1. The first-order chi connectivity index (χ1) is 7.11. The number of nitrogens with two attached hydrogens (primary N) is 1. The third-order valence-corrected chi connectivity index (χ3v) is 2.41. The molecule has 0 fully saturated rings. The maximum atomic E-state index is 11.7. The Morgan fingerprint density at radius 3 is 2.87 bits per heavy atom. The van der Waals surface area contributed by atoms with Crippen LogP contribution in [-0.2, 0) is 4.79 Å². The molecule has 2 rings (SSSR count). The second-order valence-electron chi connectivity index (χ2n) is 3.84. The molecule has 1 aromatic carbocycles. The summed E-state index contributed by atoms with van der Waals surface area (Å²) in [5, 5.41) is 0. The zero-order chi connectivity index (χ0) is 11.0. The summed E-state index contributed by atoms with van der Waals surface area (Å²) in [7, 11) is 0. The number of hydrogen-bond donors (Lipinski definition) is 1. The van der Waals surface area contributed by atoms with Crippen LogP contribution in [0.4, 0.5) is 11.4 Å². The zero-order valence-electron chi connectivity index (χ0n) is 8.86. The predicted molar refractivity (Wildman–Crippen MR) is 59.0 cm³/mol. The summed E-state index contributed by atoms with van der Waals surface area (Å²) in [6.45, 7) is 4.01. The van der Waals surface area contributed by atoms with E-state index in [0.717, 1.165) is 0 Å². The van der Waals surface area contributed by atoms with Crippen molar-refractivity contribution >= 4 is 17.3 Å². The number of carbonyl (C=O) groups is 1. The van der Waals surface area contributed by atoms with Crippen LogP contribution in [0.15, 0.2) is 18.2 Å². The van der Waals surface area contributed by atoms with E-state index in [-0.39, 0.29) is 18.6 Å². The molecule has 4 heteroatoms. The van der Waals surface area contributed by atoms with Crippen LogP contribution >= 0.6 is 0 Å². The van der Waals surface area contributed by atoms with Gasteiger partial charge < -0.3 is 15.4 Å². The van der Waals surface area contributed by atoms with Gasteiger partial charge in [0.25, 0.3) is 5.91 Å². The van der Waals surface area contributed by atoms with Crippen molar-refractivity contribution in [3.63, 3.8) is 0 Å². The molecule has 4 nitrogen and oxygen atoms in total. The van der Waals surface area contributed by atoms with Gasteiger partial charge in [0.05, 0.1) is 5.69 Å². The second-order valence-corrected chi connectivity index (χ2v) is 3.84. The first kappa shape index (κ1) is 9.83. The molecule has 0 bridgehead atoms. The highest BCUT2D eigenvalue weighted by atomic mass is 16.5. The van der Waals surface area contributed by atoms with Crippen molar-refractivity contribution in [1.82, 2.24) is 0 Å². The topological polar surface area (TPSA) is 55.6 Å². The van der Waals surface area contributed by atoms with E-state index in [2.05, 4.69) is 0 Å². The number of ether oxygens (including phenoxy) is 1. The van der Waals surface area contributed by atoms with E-state index < -0.39 is 0 Å². The summed E-state index contributed by atoms with van der Waals surface area (Å²) < 4.78 is 5.33. The fourth-order valence-electron chi connectivity index (χ4n) is 1.79. The van der Waals surface area contributed by atoms with Crippen molar-refractivity contribution in [3.05, 3.63) is 18.2 Å². The van der Waals surface area contributed by atoms with Crippen LogP contribution in [0.25, 0.3) is 0 Å². The molecule has 0 saturated heterocycles.